The molecule has 0 spiro atoms. The number of unbranched alkanes of at least 4 members (excludes halogenated alkanes) is 1. The maximum atomic E-state index is 13.0. The number of carboxylic acids is 1. The standard InChI is InChI=1S/C21H40N10O7/c22-8-2-1-4-14(20(37)38)31-18(35)12(5-3-9-28-21(26)27)30-19(36)13(6-7-15(24)32)29-17(34)11(23)10-16(25)33/h11-14H,1-10,22-23H2,(H2,24,32)(H2,25,33)(H,29,34)(H,30,36)(H,31,35)(H,37,38)(H4,26,27,28). The Labute approximate surface area is 219 Å². The third-order valence-electron chi connectivity index (χ3n) is 5.21. The largest absolute Gasteiger partial charge is 0.480 e. The third kappa shape index (κ3) is 15.2. The molecule has 0 radical (unpaired) electrons. The molecule has 5 amide bonds. The average molecular weight is 545 g/mol. The van der Waals surface area contributed by atoms with Gasteiger partial charge >= 0.3 is 5.97 Å². The Hall–Kier alpha value is -3.99. The van der Waals surface area contributed by atoms with E-state index in [0.29, 0.717) is 19.4 Å². The zero-order chi connectivity index (χ0) is 29.3. The van der Waals surface area contributed by atoms with Crippen molar-refractivity contribution in [2.45, 2.75) is 75.5 Å². The molecule has 0 fully saturated rings. The van der Waals surface area contributed by atoms with Crippen LogP contribution in [0.25, 0.3) is 0 Å². The van der Waals surface area contributed by atoms with Gasteiger partial charge in [0.25, 0.3) is 0 Å². The van der Waals surface area contributed by atoms with Crippen LogP contribution in [0.2, 0.25) is 0 Å². The van der Waals surface area contributed by atoms with Crippen LogP contribution >= 0.6 is 0 Å². The van der Waals surface area contributed by atoms with E-state index in [2.05, 4.69) is 20.9 Å². The zero-order valence-electron chi connectivity index (χ0n) is 21.2. The number of carbonyl (C=O) groups is 6. The van der Waals surface area contributed by atoms with Gasteiger partial charge in [0.05, 0.1) is 12.5 Å². The number of amides is 5. The molecule has 4 unspecified atom stereocenters. The van der Waals surface area contributed by atoms with Crippen molar-refractivity contribution in [1.82, 2.24) is 16.0 Å². The number of rotatable bonds is 20. The lowest BCUT2D eigenvalue weighted by Crippen LogP contribution is -2.57. The lowest BCUT2D eigenvalue weighted by Gasteiger charge is -2.25. The summed E-state index contributed by atoms with van der Waals surface area (Å²) in [5.41, 5.74) is 31.8. The zero-order valence-corrected chi connectivity index (χ0v) is 21.2. The van der Waals surface area contributed by atoms with E-state index in [1.807, 2.05) is 0 Å². The molecule has 38 heavy (non-hydrogen) atoms. The van der Waals surface area contributed by atoms with Crippen molar-refractivity contribution < 1.29 is 33.9 Å². The van der Waals surface area contributed by atoms with E-state index < -0.39 is 66.1 Å². The lowest BCUT2D eigenvalue weighted by molar-refractivity contribution is -0.142. The minimum absolute atomic E-state index is 0.00116. The lowest BCUT2D eigenvalue weighted by atomic mass is 10.0. The summed E-state index contributed by atoms with van der Waals surface area (Å²) in [5, 5.41) is 16.6. The number of hydrogen-bond acceptors (Lipinski definition) is 9. The SMILES string of the molecule is NCCCCC(NC(=O)C(CCCN=C(N)N)NC(=O)C(CCC(N)=O)NC(=O)C(N)CC(N)=O)C(=O)O. The van der Waals surface area contributed by atoms with Crippen LogP contribution in [0.4, 0.5) is 0 Å². The second-order valence-corrected chi connectivity index (χ2v) is 8.54. The number of carbonyl (C=O) groups excluding carboxylic acids is 5. The normalized spacial score (nSPS) is 13.7. The highest BCUT2D eigenvalue weighted by Gasteiger charge is 2.30. The van der Waals surface area contributed by atoms with Crippen molar-refractivity contribution in [2.24, 2.45) is 39.4 Å². The molecular weight excluding hydrogens is 504 g/mol. The average Bonchev–Trinajstić information content (AvgIpc) is 2.81. The van der Waals surface area contributed by atoms with Gasteiger partial charge in [-0.15, -0.1) is 0 Å². The van der Waals surface area contributed by atoms with Crippen LogP contribution < -0.4 is 50.4 Å². The third-order valence-corrected chi connectivity index (χ3v) is 5.21. The van der Waals surface area contributed by atoms with E-state index in [4.69, 9.17) is 34.4 Å². The molecule has 0 saturated heterocycles. The molecule has 216 valence electrons. The molecule has 17 heteroatoms. The molecule has 0 aromatic heterocycles. The molecule has 0 bridgehead atoms. The Morgan fingerprint density at radius 1 is 0.711 bits per heavy atom. The monoisotopic (exact) mass is 544 g/mol. The van der Waals surface area contributed by atoms with E-state index in [1.54, 1.807) is 0 Å². The van der Waals surface area contributed by atoms with E-state index in [9.17, 15) is 33.9 Å². The van der Waals surface area contributed by atoms with Gasteiger partial charge in [0.1, 0.15) is 18.1 Å². The maximum absolute atomic E-state index is 13.0. The van der Waals surface area contributed by atoms with Crippen LogP contribution in [0, 0.1) is 0 Å². The van der Waals surface area contributed by atoms with E-state index in [1.165, 1.54) is 0 Å². The Morgan fingerprint density at radius 2 is 1.24 bits per heavy atom. The number of nitrogens with two attached hydrogens (primary N) is 6. The first-order valence-electron chi connectivity index (χ1n) is 12.0. The molecule has 4 atom stereocenters. The van der Waals surface area contributed by atoms with Crippen molar-refractivity contribution in [2.75, 3.05) is 13.1 Å². The first kappa shape index (κ1) is 34.0. The fraction of sp³-hybridized carbons (Fsp3) is 0.667. The quantitative estimate of drug-likeness (QED) is 0.0393. The molecule has 0 heterocycles. The van der Waals surface area contributed by atoms with E-state index in [-0.39, 0.29) is 44.6 Å². The van der Waals surface area contributed by atoms with Gasteiger partial charge in [0, 0.05) is 13.0 Å². The number of carboxylic acid groups (broad SMARTS) is 1. The minimum atomic E-state index is -1.36. The summed E-state index contributed by atoms with van der Waals surface area (Å²) in [6.45, 7) is 0.468. The van der Waals surface area contributed by atoms with Gasteiger partial charge in [-0.25, -0.2) is 4.79 Å². The van der Waals surface area contributed by atoms with Gasteiger partial charge in [-0.2, -0.15) is 0 Å². The fourth-order valence-electron chi connectivity index (χ4n) is 3.21. The first-order valence-corrected chi connectivity index (χ1v) is 12.0. The summed E-state index contributed by atoms with van der Waals surface area (Å²) < 4.78 is 0. The Balaban J connectivity index is 5.69. The summed E-state index contributed by atoms with van der Waals surface area (Å²) in [6, 6.07) is -5.20. The summed E-state index contributed by atoms with van der Waals surface area (Å²) in [4.78, 5) is 76.1. The highest BCUT2D eigenvalue weighted by Crippen LogP contribution is 2.06. The number of aliphatic imine (C=N–C) groups is 1. The molecule has 0 aromatic carbocycles. The van der Waals surface area contributed by atoms with Crippen molar-refractivity contribution >= 4 is 41.5 Å². The van der Waals surface area contributed by atoms with Gasteiger partial charge in [-0.3, -0.25) is 29.0 Å². The first-order chi connectivity index (χ1) is 17.8. The summed E-state index contributed by atoms with van der Waals surface area (Å²) in [7, 11) is 0. The summed E-state index contributed by atoms with van der Waals surface area (Å²) in [5.74, 6) is -5.61. The number of nitrogens with one attached hydrogen (secondary N) is 3. The predicted octanol–water partition coefficient (Wildman–Crippen LogP) is -4.82. The molecule has 0 aliphatic carbocycles. The molecule has 16 N–H and O–H groups in total. The van der Waals surface area contributed by atoms with E-state index in [0.717, 1.165) is 0 Å². The van der Waals surface area contributed by atoms with Crippen molar-refractivity contribution in [1.29, 1.82) is 0 Å². The molecule has 0 rings (SSSR count). The van der Waals surface area contributed by atoms with Crippen molar-refractivity contribution in [3.8, 4) is 0 Å². The summed E-state index contributed by atoms with van der Waals surface area (Å²) in [6.07, 6.45) is 0.306. The Morgan fingerprint density at radius 3 is 1.74 bits per heavy atom. The highest BCUT2D eigenvalue weighted by molar-refractivity contribution is 5.95. The number of guanidine groups is 1. The Kier molecular flexibility index (Phi) is 16.4. The van der Waals surface area contributed by atoms with Crippen LogP contribution in [0.5, 0.6) is 0 Å². The number of primary amides is 2. The maximum Gasteiger partial charge on any atom is 0.326 e. The van der Waals surface area contributed by atoms with Crippen LogP contribution in [0.15, 0.2) is 4.99 Å². The minimum Gasteiger partial charge on any atom is -0.480 e. The summed E-state index contributed by atoms with van der Waals surface area (Å²) >= 11 is 0. The number of hydrogen-bond donors (Lipinski definition) is 10. The van der Waals surface area contributed by atoms with E-state index >= 15 is 0 Å². The van der Waals surface area contributed by atoms with Crippen LogP contribution in [0.1, 0.15) is 51.4 Å². The molecule has 0 aliphatic rings. The number of nitrogens with zero attached hydrogens (tertiary/aromatic N) is 1. The van der Waals surface area contributed by atoms with Crippen molar-refractivity contribution in [3.63, 3.8) is 0 Å². The van der Waals surface area contributed by atoms with Crippen LogP contribution in [-0.4, -0.2) is 83.8 Å². The molecule has 0 saturated carbocycles. The van der Waals surface area contributed by atoms with Gasteiger partial charge in [-0.1, -0.05) is 0 Å². The van der Waals surface area contributed by atoms with Gasteiger partial charge in [-0.05, 0) is 45.1 Å². The Bertz CT molecular complexity index is 863. The topological polar surface area (TPSA) is 327 Å². The van der Waals surface area contributed by atoms with Gasteiger partial charge < -0.3 is 55.5 Å². The highest BCUT2D eigenvalue weighted by atomic mass is 16.4. The van der Waals surface area contributed by atoms with Gasteiger partial charge in [0.15, 0.2) is 5.96 Å². The molecule has 0 aromatic rings. The fourth-order valence-corrected chi connectivity index (χ4v) is 3.21. The second-order valence-electron chi connectivity index (χ2n) is 8.54. The predicted molar refractivity (Wildman–Crippen MR) is 136 cm³/mol. The molecular formula is C21H40N10O7. The molecule has 0 aliphatic heterocycles. The van der Waals surface area contributed by atoms with Crippen LogP contribution in [-0.2, 0) is 28.8 Å². The van der Waals surface area contributed by atoms with Gasteiger partial charge in [0.2, 0.25) is 29.5 Å². The second kappa shape index (κ2) is 18.3. The number of aliphatic carboxylic acids is 1. The van der Waals surface area contributed by atoms with Crippen LogP contribution in [0.3, 0.4) is 0 Å². The van der Waals surface area contributed by atoms with Crippen molar-refractivity contribution in [3.05, 3.63) is 0 Å². The molecule has 17 nitrogen and oxygen atoms in total. The smallest absolute Gasteiger partial charge is 0.326 e.